The van der Waals surface area contributed by atoms with Crippen LogP contribution in [0.1, 0.15) is 5.56 Å². The first-order chi connectivity index (χ1) is 12.6. The van der Waals surface area contributed by atoms with Crippen molar-refractivity contribution in [1.82, 2.24) is 4.57 Å². The Labute approximate surface area is 149 Å². The molecule has 0 saturated heterocycles. The van der Waals surface area contributed by atoms with Gasteiger partial charge in [-0.1, -0.05) is 24.3 Å². The Morgan fingerprint density at radius 3 is 2.58 bits per heavy atom. The Kier molecular flexibility index (Phi) is 3.02. The van der Waals surface area contributed by atoms with Crippen LogP contribution in [0.4, 0.5) is 4.39 Å². The molecule has 0 saturated carbocycles. The summed E-state index contributed by atoms with van der Waals surface area (Å²) in [6.45, 7) is 2.08. The molecule has 0 fully saturated rings. The van der Waals surface area contributed by atoms with E-state index in [0.29, 0.717) is 5.58 Å². The van der Waals surface area contributed by atoms with Crippen molar-refractivity contribution in [2.45, 2.75) is 6.92 Å². The maximum absolute atomic E-state index is 13.7. The van der Waals surface area contributed by atoms with Crippen molar-refractivity contribution in [2.75, 3.05) is 0 Å². The van der Waals surface area contributed by atoms with Crippen molar-refractivity contribution in [3.05, 3.63) is 66.0 Å². The number of hydrogen-bond donors (Lipinski definition) is 0. The van der Waals surface area contributed by atoms with Gasteiger partial charge in [-0.15, -0.1) is 0 Å². The third-order valence-corrected chi connectivity index (χ3v) is 5.28. The molecule has 0 N–H and O–H groups in total. The van der Waals surface area contributed by atoms with Crippen molar-refractivity contribution >= 4 is 33.0 Å². The van der Waals surface area contributed by atoms with Gasteiger partial charge in [0.15, 0.2) is 16.6 Å². The van der Waals surface area contributed by atoms with E-state index in [0.717, 1.165) is 44.3 Å². The van der Waals surface area contributed by atoms with Gasteiger partial charge in [-0.2, -0.15) is 0 Å². The van der Waals surface area contributed by atoms with Crippen molar-refractivity contribution < 1.29 is 13.4 Å². The molecule has 0 aliphatic carbocycles. The molecule has 0 unspecified atom stereocenters. The van der Waals surface area contributed by atoms with Gasteiger partial charge in [0.05, 0.1) is 14.1 Å². The molecule has 4 heteroatoms. The predicted octanol–water partition coefficient (Wildman–Crippen LogP) is 5.02. The molecule has 0 atom stereocenters. The number of para-hydroxylation sites is 2. The second kappa shape index (κ2) is 5.18. The van der Waals surface area contributed by atoms with Crippen molar-refractivity contribution in [2.24, 2.45) is 14.1 Å². The molecule has 3 nitrogen and oxygen atoms in total. The van der Waals surface area contributed by atoms with Gasteiger partial charge in [-0.25, -0.2) is 13.5 Å². The van der Waals surface area contributed by atoms with Crippen molar-refractivity contribution in [3.63, 3.8) is 0 Å². The first kappa shape index (κ1) is 15.1. The second-order valence-corrected chi connectivity index (χ2v) is 6.81. The highest BCUT2D eigenvalue weighted by atomic mass is 19.1. The van der Waals surface area contributed by atoms with Crippen molar-refractivity contribution in [1.29, 1.82) is 0 Å². The molecule has 128 valence electrons. The van der Waals surface area contributed by atoms with Crippen LogP contribution in [0.3, 0.4) is 0 Å². The summed E-state index contributed by atoms with van der Waals surface area (Å²) in [6, 6.07) is 17.2. The number of halogens is 1. The third kappa shape index (κ3) is 1.90. The average Bonchev–Trinajstić information content (AvgIpc) is 3.11. The van der Waals surface area contributed by atoms with Crippen LogP contribution < -0.4 is 4.57 Å². The molecule has 0 aliphatic rings. The number of aryl methyl sites for hydroxylation is 3. The summed E-state index contributed by atoms with van der Waals surface area (Å²) < 4.78 is 24.2. The van der Waals surface area contributed by atoms with Gasteiger partial charge in [0.25, 0.3) is 5.82 Å². The molecular formula is C22H18FN2O+. The molecule has 2 aromatic heterocycles. The first-order valence-electron chi connectivity index (χ1n) is 8.61. The van der Waals surface area contributed by atoms with E-state index in [1.807, 2.05) is 12.1 Å². The quantitative estimate of drug-likeness (QED) is 0.391. The number of hydrogen-bond acceptors (Lipinski definition) is 1. The lowest BCUT2D eigenvalue weighted by Crippen LogP contribution is -2.30. The normalized spacial score (nSPS) is 11.8. The lowest BCUT2D eigenvalue weighted by molar-refractivity contribution is -0.634. The van der Waals surface area contributed by atoms with Crippen LogP contribution in [0.15, 0.2) is 59.0 Å². The van der Waals surface area contributed by atoms with Gasteiger partial charge < -0.3 is 4.42 Å². The minimum Gasteiger partial charge on any atom is -0.455 e. The van der Waals surface area contributed by atoms with E-state index in [9.17, 15) is 4.39 Å². The Balaban J connectivity index is 1.96. The molecular weight excluding hydrogens is 327 g/mol. The smallest absolute Gasteiger partial charge is 0.293 e. The SMILES string of the molecule is Cc1ccc2c(oc3cc(F)ccc32)c1-c1n(C)c2ccccc2[n+]1C. The fourth-order valence-electron chi connectivity index (χ4n) is 4.01. The summed E-state index contributed by atoms with van der Waals surface area (Å²) in [5.74, 6) is 0.777. The van der Waals surface area contributed by atoms with E-state index in [1.165, 1.54) is 12.1 Å². The largest absolute Gasteiger partial charge is 0.455 e. The number of aromatic nitrogens is 2. The van der Waals surface area contributed by atoms with Gasteiger partial charge in [-0.05, 0) is 36.8 Å². The van der Waals surface area contributed by atoms with Crippen LogP contribution in [-0.4, -0.2) is 4.57 Å². The summed E-state index contributed by atoms with van der Waals surface area (Å²) >= 11 is 0. The fraction of sp³-hybridized carbons (Fsp3) is 0.136. The molecule has 5 rings (SSSR count). The summed E-state index contributed by atoms with van der Waals surface area (Å²) in [5.41, 5.74) is 5.85. The molecule has 2 heterocycles. The minimum atomic E-state index is -0.287. The lowest BCUT2D eigenvalue weighted by Gasteiger charge is -2.04. The fourth-order valence-corrected chi connectivity index (χ4v) is 4.01. The summed E-state index contributed by atoms with van der Waals surface area (Å²) in [5, 5.41) is 1.94. The second-order valence-electron chi connectivity index (χ2n) is 6.81. The van der Waals surface area contributed by atoms with E-state index in [-0.39, 0.29) is 5.82 Å². The van der Waals surface area contributed by atoms with Gasteiger partial charge in [0.1, 0.15) is 17.0 Å². The van der Waals surface area contributed by atoms with E-state index in [4.69, 9.17) is 4.42 Å². The Morgan fingerprint density at radius 1 is 1.00 bits per heavy atom. The zero-order chi connectivity index (χ0) is 18.0. The van der Waals surface area contributed by atoms with Crippen molar-refractivity contribution in [3.8, 4) is 11.4 Å². The molecule has 26 heavy (non-hydrogen) atoms. The Hall–Kier alpha value is -3.14. The summed E-state index contributed by atoms with van der Waals surface area (Å²) in [4.78, 5) is 0. The zero-order valence-electron chi connectivity index (χ0n) is 14.9. The molecule has 0 amide bonds. The van der Waals surface area contributed by atoms with Gasteiger partial charge in [0.2, 0.25) is 0 Å². The first-order valence-corrected chi connectivity index (χ1v) is 8.61. The van der Waals surface area contributed by atoms with Crippen LogP contribution in [-0.2, 0) is 14.1 Å². The molecule has 0 aliphatic heterocycles. The number of benzene rings is 3. The van der Waals surface area contributed by atoms with Gasteiger partial charge >= 0.3 is 0 Å². The van der Waals surface area contributed by atoms with Crippen LogP contribution in [0.25, 0.3) is 44.4 Å². The Bertz CT molecular complexity index is 1290. The maximum Gasteiger partial charge on any atom is 0.293 e. The highest BCUT2D eigenvalue weighted by molar-refractivity contribution is 6.09. The average molecular weight is 345 g/mol. The molecule has 0 spiro atoms. The molecule has 0 radical (unpaired) electrons. The summed E-state index contributed by atoms with van der Waals surface area (Å²) in [6.07, 6.45) is 0. The highest BCUT2D eigenvalue weighted by Gasteiger charge is 2.27. The van der Waals surface area contributed by atoms with Crippen LogP contribution in [0, 0.1) is 12.7 Å². The standard InChI is InChI=1S/C22H18FN2O/c1-13-8-10-16-15-11-9-14(23)12-19(15)26-21(16)20(13)22-24(2)17-6-4-5-7-18(17)25(22)3/h4-12H,1-3H3/q+1. The molecule has 0 bridgehead atoms. The van der Waals surface area contributed by atoms with E-state index in [1.54, 1.807) is 6.07 Å². The topological polar surface area (TPSA) is 21.9 Å². The predicted molar refractivity (Wildman–Crippen MR) is 102 cm³/mol. The Morgan fingerprint density at radius 2 is 1.77 bits per heavy atom. The number of furan rings is 1. The maximum atomic E-state index is 13.7. The third-order valence-electron chi connectivity index (χ3n) is 5.28. The number of fused-ring (bicyclic) bond motifs is 4. The highest BCUT2D eigenvalue weighted by Crippen LogP contribution is 2.37. The van der Waals surface area contributed by atoms with E-state index in [2.05, 4.69) is 54.4 Å². The van der Waals surface area contributed by atoms with Gasteiger partial charge in [-0.3, -0.25) is 0 Å². The molecule has 5 aromatic rings. The van der Waals surface area contributed by atoms with Gasteiger partial charge in [0, 0.05) is 16.8 Å². The van der Waals surface area contributed by atoms with Crippen LogP contribution in [0.2, 0.25) is 0 Å². The molecule has 3 aromatic carbocycles. The number of rotatable bonds is 1. The van der Waals surface area contributed by atoms with E-state index >= 15 is 0 Å². The minimum absolute atomic E-state index is 0.287. The monoisotopic (exact) mass is 345 g/mol. The summed E-state index contributed by atoms with van der Waals surface area (Å²) in [7, 11) is 4.14. The number of nitrogens with zero attached hydrogens (tertiary/aromatic N) is 2. The van der Waals surface area contributed by atoms with E-state index < -0.39 is 0 Å². The van der Waals surface area contributed by atoms with Crippen LogP contribution in [0.5, 0.6) is 0 Å². The zero-order valence-corrected chi connectivity index (χ0v) is 14.9. The van der Waals surface area contributed by atoms with Crippen LogP contribution >= 0.6 is 0 Å². The number of imidazole rings is 1. The lowest BCUT2D eigenvalue weighted by atomic mass is 10.0.